The van der Waals surface area contributed by atoms with Crippen molar-refractivity contribution in [2.75, 3.05) is 0 Å². The molecule has 0 aliphatic heterocycles. The molecular formula is C23H20F2N2O3S. The van der Waals surface area contributed by atoms with Crippen LogP contribution in [-0.4, -0.2) is 17.0 Å². The second-order valence-corrected chi connectivity index (χ2v) is 9.29. The second kappa shape index (κ2) is 7.46. The summed E-state index contributed by atoms with van der Waals surface area (Å²) in [5.74, 6) is -2.56. The van der Waals surface area contributed by atoms with Gasteiger partial charge in [0.25, 0.3) is 15.6 Å². The molecule has 0 bridgehead atoms. The Bertz CT molecular complexity index is 1490. The molecule has 160 valence electrons. The predicted molar refractivity (Wildman–Crippen MR) is 115 cm³/mol. The quantitative estimate of drug-likeness (QED) is 0.473. The highest BCUT2D eigenvalue weighted by Crippen LogP contribution is 2.33. The third-order valence-corrected chi connectivity index (χ3v) is 7.40. The van der Waals surface area contributed by atoms with Gasteiger partial charge in [-0.3, -0.25) is 4.79 Å². The monoisotopic (exact) mass is 442 g/mol. The largest absolute Gasteiger partial charge is 0.316 e. The standard InChI is InChI=1S/C23H20F2N2O3S/c1-14-7-4-5-10-20(14)31(29,30)27-12-11-17-18(13-26(3)23(28)22(17)27)15(2)16-8-6-9-19(24)21(16)25/h4-13,15H,1-3H3. The van der Waals surface area contributed by atoms with Crippen molar-refractivity contribution in [3.8, 4) is 0 Å². The molecule has 0 aliphatic rings. The smallest absolute Gasteiger partial charge is 0.275 e. The van der Waals surface area contributed by atoms with Crippen LogP contribution in [0.3, 0.4) is 0 Å². The summed E-state index contributed by atoms with van der Waals surface area (Å²) < 4.78 is 57.1. The Morgan fingerprint density at radius 1 is 0.968 bits per heavy atom. The van der Waals surface area contributed by atoms with Crippen molar-refractivity contribution in [2.45, 2.75) is 24.7 Å². The Balaban J connectivity index is 2.00. The fourth-order valence-corrected chi connectivity index (χ4v) is 5.46. The first-order chi connectivity index (χ1) is 14.6. The van der Waals surface area contributed by atoms with Crippen molar-refractivity contribution in [1.29, 1.82) is 0 Å². The molecule has 0 saturated heterocycles. The third-order valence-electron chi connectivity index (χ3n) is 5.56. The van der Waals surface area contributed by atoms with Crippen LogP contribution in [0.2, 0.25) is 0 Å². The lowest BCUT2D eigenvalue weighted by molar-refractivity contribution is 0.496. The average molecular weight is 442 g/mol. The molecule has 0 amide bonds. The molecule has 0 aliphatic carbocycles. The number of nitrogens with zero attached hydrogens (tertiary/aromatic N) is 2. The van der Waals surface area contributed by atoms with E-state index in [2.05, 4.69) is 0 Å². The van der Waals surface area contributed by atoms with Crippen molar-refractivity contribution < 1.29 is 17.2 Å². The van der Waals surface area contributed by atoms with E-state index in [9.17, 15) is 22.0 Å². The predicted octanol–water partition coefficient (Wildman–Crippen LogP) is 4.32. The summed E-state index contributed by atoms with van der Waals surface area (Å²) in [6, 6.07) is 12.0. The number of pyridine rings is 1. The van der Waals surface area contributed by atoms with E-state index in [0.29, 0.717) is 16.5 Å². The summed E-state index contributed by atoms with van der Waals surface area (Å²) in [5, 5.41) is 0.372. The van der Waals surface area contributed by atoms with E-state index in [1.807, 2.05) is 0 Å². The van der Waals surface area contributed by atoms with Gasteiger partial charge < -0.3 is 4.57 Å². The molecule has 2 heterocycles. The van der Waals surface area contributed by atoms with Gasteiger partial charge in [0.2, 0.25) is 0 Å². The van der Waals surface area contributed by atoms with Gasteiger partial charge in [-0.2, -0.15) is 0 Å². The van der Waals surface area contributed by atoms with E-state index in [1.165, 1.54) is 48.3 Å². The van der Waals surface area contributed by atoms with Gasteiger partial charge in [0.1, 0.15) is 5.52 Å². The van der Waals surface area contributed by atoms with Gasteiger partial charge in [-0.15, -0.1) is 0 Å². The number of aromatic nitrogens is 2. The summed E-state index contributed by atoms with van der Waals surface area (Å²) in [5.41, 5.74) is 0.641. The van der Waals surface area contributed by atoms with Crippen LogP contribution in [0.4, 0.5) is 8.78 Å². The molecule has 2 aromatic carbocycles. The Labute approximate surface area is 178 Å². The first kappa shape index (κ1) is 21.0. The molecule has 4 aromatic rings. The van der Waals surface area contributed by atoms with Gasteiger partial charge in [0, 0.05) is 30.7 Å². The van der Waals surface area contributed by atoms with Crippen LogP contribution in [0.15, 0.2) is 70.6 Å². The third kappa shape index (κ3) is 3.27. The normalized spacial score (nSPS) is 12.9. The van der Waals surface area contributed by atoms with Crippen LogP contribution in [0, 0.1) is 18.6 Å². The molecule has 4 rings (SSSR count). The molecule has 0 spiro atoms. The van der Waals surface area contributed by atoms with Crippen LogP contribution < -0.4 is 5.56 Å². The molecule has 0 saturated carbocycles. The zero-order valence-electron chi connectivity index (χ0n) is 17.1. The first-order valence-electron chi connectivity index (χ1n) is 9.60. The highest BCUT2D eigenvalue weighted by molar-refractivity contribution is 7.90. The molecule has 31 heavy (non-hydrogen) atoms. The number of hydrogen-bond acceptors (Lipinski definition) is 3. The number of rotatable bonds is 4. The zero-order valence-corrected chi connectivity index (χ0v) is 18.0. The van der Waals surface area contributed by atoms with E-state index in [4.69, 9.17) is 0 Å². The summed E-state index contributed by atoms with van der Waals surface area (Å²) in [6.45, 7) is 3.36. The number of halogens is 2. The maximum absolute atomic E-state index is 14.4. The van der Waals surface area contributed by atoms with E-state index < -0.39 is 33.1 Å². The molecule has 2 aromatic heterocycles. The molecule has 0 radical (unpaired) electrons. The van der Waals surface area contributed by atoms with E-state index in [1.54, 1.807) is 32.0 Å². The minimum atomic E-state index is -4.04. The van der Waals surface area contributed by atoms with Crippen molar-refractivity contribution >= 4 is 20.9 Å². The maximum Gasteiger partial charge on any atom is 0.275 e. The molecule has 0 fully saturated rings. The number of fused-ring (bicyclic) bond motifs is 1. The van der Waals surface area contributed by atoms with Gasteiger partial charge in [0.05, 0.1) is 4.90 Å². The first-order valence-corrected chi connectivity index (χ1v) is 11.0. The van der Waals surface area contributed by atoms with Gasteiger partial charge in [0.15, 0.2) is 11.6 Å². The molecule has 8 heteroatoms. The number of hydrogen-bond donors (Lipinski definition) is 0. The van der Waals surface area contributed by atoms with Gasteiger partial charge in [-0.05, 0) is 41.8 Å². The fourth-order valence-electron chi connectivity index (χ4n) is 3.88. The summed E-state index contributed by atoms with van der Waals surface area (Å²) in [4.78, 5) is 13.0. The number of aryl methyl sites for hydroxylation is 2. The fraction of sp³-hybridized carbons (Fsp3) is 0.174. The topological polar surface area (TPSA) is 61.1 Å². The van der Waals surface area contributed by atoms with Gasteiger partial charge in [-0.25, -0.2) is 21.2 Å². The zero-order chi connectivity index (χ0) is 22.5. The van der Waals surface area contributed by atoms with Crippen LogP contribution in [0.5, 0.6) is 0 Å². The minimum Gasteiger partial charge on any atom is -0.316 e. The Morgan fingerprint density at radius 2 is 1.68 bits per heavy atom. The summed E-state index contributed by atoms with van der Waals surface area (Å²) in [7, 11) is -2.55. The van der Waals surface area contributed by atoms with Crippen molar-refractivity contribution in [1.82, 2.24) is 8.54 Å². The van der Waals surface area contributed by atoms with E-state index >= 15 is 0 Å². The lowest BCUT2D eigenvalue weighted by Gasteiger charge is -2.17. The van der Waals surface area contributed by atoms with Crippen molar-refractivity contribution in [3.63, 3.8) is 0 Å². The molecule has 5 nitrogen and oxygen atoms in total. The van der Waals surface area contributed by atoms with Crippen LogP contribution in [0.25, 0.3) is 10.9 Å². The van der Waals surface area contributed by atoms with E-state index in [0.717, 1.165) is 10.0 Å². The SMILES string of the molecule is Cc1ccccc1S(=O)(=O)n1ccc2c(C(C)c3cccc(F)c3F)cn(C)c(=O)c21. The average Bonchev–Trinajstić information content (AvgIpc) is 3.19. The second-order valence-electron chi connectivity index (χ2n) is 7.51. The summed E-state index contributed by atoms with van der Waals surface area (Å²) in [6.07, 6.45) is 2.86. The lowest BCUT2D eigenvalue weighted by Crippen LogP contribution is -2.23. The molecule has 1 atom stereocenters. The van der Waals surface area contributed by atoms with Gasteiger partial charge in [-0.1, -0.05) is 37.3 Å². The van der Waals surface area contributed by atoms with Crippen molar-refractivity contribution in [2.24, 2.45) is 7.05 Å². The Morgan fingerprint density at radius 3 is 2.39 bits per heavy atom. The molecule has 0 N–H and O–H groups in total. The summed E-state index contributed by atoms with van der Waals surface area (Å²) >= 11 is 0. The molecule has 1 unspecified atom stereocenters. The van der Waals surface area contributed by atoms with Gasteiger partial charge >= 0.3 is 0 Å². The Hall–Kier alpha value is -3.26. The van der Waals surface area contributed by atoms with Crippen LogP contribution >= 0.6 is 0 Å². The van der Waals surface area contributed by atoms with Crippen LogP contribution in [-0.2, 0) is 17.1 Å². The molecular weight excluding hydrogens is 422 g/mol. The highest BCUT2D eigenvalue weighted by atomic mass is 32.2. The van der Waals surface area contributed by atoms with E-state index in [-0.39, 0.29) is 16.0 Å². The minimum absolute atomic E-state index is 0.0353. The van der Waals surface area contributed by atoms with Crippen molar-refractivity contribution in [3.05, 3.63) is 99.6 Å². The lowest BCUT2D eigenvalue weighted by atomic mass is 9.91. The Kier molecular flexibility index (Phi) is 5.05. The maximum atomic E-state index is 14.4. The number of benzene rings is 2. The highest BCUT2D eigenvalue weighted by Gasteiger charge is 2.26. The van der Waals surface area contributed by atoms with Crippen LogP contribution in [0.1, 0.15) is 29.5 Å².